The summed E-state index contributed by atoms with van der Waals surface area (Å²) in [6.07, 6.45) is 1.22. The van der Waals surface area contributed by atoms with Crippen LogP contribution in [0.4, 0.5) is 0 Å². The number of amides is 1. The molecule has 0 aliphatic heterocycles. The molecule has 170 valence electrons. The number of hydrogen-bond acceptors (Lipinski definition) is 6. The third kappa shape index (κ3) is 6.31. The van der Waals surface area contributed by atoms with Crippen molar-refractivity contribution in [3.63, 3.8) is 0 Å². The van der Waals surface area contributed by atoms with Crippen molar-refractivity contribution in [1.29, 1.82) is 0 Å². The maximum absolute atomic E-state index is 12.7. The molecule has 0 fully saturated rings. The lowest BCUT2D eigenvalue weighted by Crippen LogP contribution is -2.36. The molecule has 0 saturated heterocycles. The minimum Gasteiger partial charge on any atom is -0.497 e. The molecule has 1 amide bonds. The van der Waals surface area contributed by atoms with E-state index in [0.29, 0.717) is 25.4 Å². The predicted octanol–water partition coefficient (Wildman–Crippen LogP) is 1.42. The molecule has 0 N–H and O–H groups in total. The van der Waals surface area contributed by atoms with Crippen LogP contribution in [0, 0.1) is 0 Å². The van der Waals surface area contributed by atoms with Crippen molar-refractivity contribution in [2.24, 2.45) is 0 Å². The standard InChI is InChI=1S/C21H29N3O6S/c1-5-24(6-2)31(27,28)19-11-12-20(25)23(15-19)16-21(26)22(3)13-14-30-18-9-7-17(29-4)8-10-18/h7-12,15H,5-6,13-14,16H2,1-4H3. The molecule has 0 aliphatic rings. The highest BCUT2D eigenvalue weighted by Gasteiger charge is 2.23. The van der Waals surface area contributed by atoms with Gasteiger partial charge in [-0.3, -0.25) is 9.59 Å². The Morgan fingerprint density at radius 2 is 1.65 bits per heavy atom. The van der Waals surface area contributed by atoms with Crippen LogP contribution in [0.3, 0.4) is 0 Å². The zero-order chi connectivity index (χ0) is 23.0. The summed E-state index contributed by atoms with van der Waals surface area (Å²) in [7, 11) is -0.548. The maximum Gasteiger partial charge on any atom is 0.251 e. The monoisotopic (exact) mass is 451 g/mol. The van der Waals surface area contributed by atoms with Gasteiger partial charge in [-0.2, -0.15) is 4.31 Å². The molecule has 0 unspecified atom stereocenters. The number of carbonyl (C=O) groups excluding carboxylic acids is 1. The first-order valence-corrected chi connectivity index (χ1v) is 11.4. The molecule has 10 heteroatoms. The molecule has 0 saturated carbocycles. The normalized spacial score (nSPS) is 11.4. The largest absolute Gasteiger partial charge is 0.497 e. The van der Waals surface area contributed by atoms with Crippen LogP contribution in [-0.4, -0.2) is 68.5 Å². The van der Waals surface area contributed by atoms with Crippen molar-refractivity contribution in [3.05, 3.63) is 52.9 Å². The summed E-state index contributed by atoms with van der Waals surface area (Å²) in [5.74, 6) is 1.03. The molecular weight excluding hydrogens is 422 g/mol. The summed E-state index contributed by atoms with van der Waals surface area (Å²) in [6.45, 7) is 4.41. The Morgan fingerprint density at radius 1 is 1.03 bits per heavy atom. The van der Waals surface area contributed by atoms with Crippen LogP contribution in [0.15, 0.2) is 52.3 Å². The number of sulfonamides is 1. The molecule has 2 aromatic rings. The zero-order valence-electron chi connectivity index (χ0n) is 18.3. The van der Waals surface area contributed by atoms with E-state index in [-0.39, 0.29) is 24.0 Å². The van der Waals surface area contributed by atoms with E-state index in [4.69, 9.17) is 9.47 Å². The Bertz CT molecular complexity index is 1030. The minimum absolute atomic E-state index is 0.0194. The second-order valence-corrected chi connectivity index (χ2v) is 8.70. The molecule has 0 spiro atoms. The van der Waals surface area contributed by atoms with Crippen LogP contribution in [-0.2, 0) is 21.4 Å². The second kappa shape index (κ2) is 11.0. The number of nitrogens with zero attached hydrogens (tertiary/aromatic N) is 3. The smallest absolute Gasteiger partial charge is 0.251 e. The fourth-order valence-corrected chi connectivity index (χ4v) is 4.34. The first-order valence-electron chi connectivity index (χ1n) is 9.94. The summed E-state index contributed by atoms with van der Waals surface area (Å²) in [4.78, 5) is 26.1. The molecule has 9 nitrogen and oxygen atoms in total. The van der Waals surface area contributed by atoms with E-state index < -0.39 is 15.6 Å². The molecule has 1 aromatic carbocycles. The van der Waals surface area contributed by atoms with Gasteiger partial charge in [-0.1, -0.05) is 13.8 Å². The van der Waals surface area contributed by atoms with E-state index in [9.17, 15) is 18.0 Å². The lowest BCUT2D eigenvalue weighted by atomic mass is 10.3. The van der Waals surface area contributed by atoms with Gasteiger partial charge in [0.25, 0.3) is 5.56 Å². The molecular formula is C21H29N3O6S. The average molecular weight is 452 g/mol. The minimum atomic E-state index is -3.73. The number of pyridine rings is 1. The molecule has 0 aliphatic carbocycles. The number of aromatic nitrogens is 1. The van der Waals surface area contributed by atoms with Crippen molar-refractivity contribution >= 4 is 15.9 Å². The first kappa shape index (κ1) is 24.4. The molecule has 0 bridgehead atoms. The highest BCUT2D eigenvalue weighted by atomic mass is 32.2. The van der Waals surface area contributed by atoms with Gasteiger partial charge in [-0.15, -0.1) is 0 Å². The van der Waals surface area contributed by atoms with Gasteiger partial charge in [-0.25, -0.2) is 8.42 Å². The van der Waals surface area contributed by atoms with Crippen molar-refractivity contribution in [2.45, 2.75) is 25.3 Å². The van der Waals surface area contributed by atoms with E-state index in [1.54, 1.807) is 52.3 Å². The fraction of sp³-hybridized carbons (Fsp3) is 0.429. The molecule has 0 atom stereocenters. The van der Waals surface area contributed by atoms with Crippen LogP contribution >= 0.6 is 0 Å². The van der Waals surface area contributed by atoms with Crippen molar-refractivity contribution in [3.8, 4) is 11.5 Å². The third-order valence-corrected chi connectivity index (χ3v) is 6.82. The summed E-state index contributed by atoms with van der Waals surface area (Å²) in [5.41, 5.74) is -0.449. The average Bonchev–Trinajstić information content (AvgIpc) is 2.76. The molecule has 1 aromatic heterocycles. The van der Waals surface area contributed by atoms with Crippen LogP contribution in [0.2, 0.25) is 0 Å². The van der Waals surface area contributed by atoms with Crippen molar-refractivity contribution in [1.82, 2.24) is 13.8 Å². The predicted molar refractivity (Wildman–Crippen MR) is 117 cm³/mol. The van der Waals surface area contributed by atoms with Gasteiger partial charge in [0.05, 0.1) is 18.6 Å². The highest BCUT2D eigenvalue weighted by Crippen LogP contribution is 2.17. The summed E-state index contributed by atoms with van der Waals surface area (Å²) < 4.78 is 38.5. The number of methoxy groups -OCH3 is 1. The van der Waals surface area contributed by atoms with Crippen LogP contribution in [0.25, 0.3) is 0 Å². The first-order chi connectivity index (χ1) is 14.7. The Morgan fingerprint density at radius 3 is 2.23 bits per heavy atom. The summed E-state index contributed by atoms with van der Waals surface area (Å²) >= 11 is 0. The number of carbonyl (C=O) groups is 1. The Hall–Kier alpha value is -2.85. The lowest BCUT2D eigenvalue weighted by molar-refractivity contribution is -0.130. The van der Waals surface area contributed by atoms with E-state index >= 15 is 0 Å². The number of ether oxygens (including phenoxy) is 2. The topological polar surface area (TPSA) is 98.2 Å². The van der Waals surface area contributed by atoms with Gasteiger partial charge in [0, 0.05) is 32.4 Å². The Balaban J connectivity index is 2.01. The van der Waals surface area contributed by atoms with Crippen LogP contribution < -0.4 is 15.0 Å². The SMILES string of the molecule is CCN(CC)S(=O)(=O)c1ccc(=O)n(CC(=O)N(C)CCOc2ccc(OC)cc2)c1. The van der Waals surface area contributed by atoms with Gasteiger partial charge >= 0.3 is 0 Å². The zero-order valence-corrected chi connectivity index (χ0v) is 19.1. The third-order valence-electron chi connectivity index (χ3n) is 4.79. The number of hydrogen-bond donors (Lipinski definition) is 0. The maximum atomic E-state index is 12.7. The number of likely N-dealkylation sites (N-methyl/N-ethyl adjacent to an activating group) is 1. The Labute approximate surface area is 182 Å². The van der Waals surface area contributed by atoms with Gasteiger partial charge in [0.15, 0.2) is 0 Å². The van der Waals surface area contributed by atoms with E-state index in [1.165, 1.54) is 21.5 Å². The quantitative estimate of drug-likeness (QED) is 0.513. The van der Waals surface area contributed by atoms with Crippen molar-refractivity contribution < 1.29 is 22.7 Å². The Kier molecular flexibility index (Phi) is 8.64. The highest BCUT2D eigenvalue weighted by molar-refractivity contribution is 7.89. The number of rotatable bonds is 11. The molecule has 31 heavy (non-hydrogen) atoms. The lowest BCUT2D eigenvalue weighted by Gasteiger charge is -2.20. The van der Waals surface area contributed by atoms with E-state index in [2.05, 4.69) is 0 Å². The van der Waals surface area contributed by atoms with Crippen LogP contribution in [0.5, 0.6) is 11.5 Å². The molecule has 2 rings (SSSR count). The van der Waals surface area contributed by atoms with Crippen molar-refractivity contribution in [2.75, 3.05) is 40.4 Å². The summed E-state index contributed by atoms with van der Waals surface area (Å²) in [5, 5.41) is 0. The van der Waals surface area contributed by atoms with Gasteiger partial charge in [0.1, 0.15) is 24.7 Å². The summed E-state index contributed by atoms with van der Waals surface area (Å²) in [6, 6.07) is 9.51. The second-order valence-electron chi connectivity index (χ2n) is 6.76. The van der Waals surface area contributed by atoms with Gasteiger partial charge < -0.3 is 18.9 Å². The fourth-order valence-electron chi connectivity index (χ4n) is 2.86. The van der Waals surface area contributed by atoms with Crippen LogP contribution in [0.1, 0.15) is 13.8 Å². The van der Waals surface area contributed by atoms with E-state index in [1.807, 2.05) is 0 Å². The van der Waals surface area contributed by atoms with Gasteiger partial charge in [0.2, 0.25) is 15.9 Å². The van der Waals surface area contributed by atoms with E-state index in [0.717, 1.165) is 16.4 Å². The van der Waals surface area contributed by atoms with Gasteiger partial charge in [-0.05, 0) is 30.3 Å². The molecule has 1 heterocycles. The molecule has 0 radical (unpaired) electrons. The number of benzene rings is 1.